The minimum absolute atomic E-state index is 0.0140. The summed E-state index contributed by atoms with van der Waals surface area (Å²) in [4.78, 5) is 17.8. The van der Waals surface area contributed by atoms with E-state index in [9.17, 15) is 4.39 Å². The second kappa shape index (κ2) is 9.00. The van der Waals surface area contributed by atoms with E-state index in [0.29, 0.717) is 29.0 Å². The molecule has 0 spiro atoms. The largest absolute Gasteiger partial charge is 0.434 e. The minimum Gasteiger partial charge on any atom is -0.434 e. The molecule has 162 valence electrons. The summed E-state index contributed by atoms with van der Waals surface area (Å²) in [7, 11) is 0. The van der Waals surface area contributed by atoms with Crippen LogP contribution in [0.15, 0.2) is 95.8 Å². The van der Waals surface area contributed by atoms with E-state index >= 15 is 0 Å². The van der Waals surface area contributed by atoms with Gasteiger partial charge >= 0.3 is 0 Å². The molecule has 0 radical (unpaired) electrons. The van der Waals surface area contributed by atoms with Crippen molar-refractivity contribution in [3.63, 3.8) is 0 Å². The Hall–Kier alpha value is -4.39. The van der Waals surface area contributed by atoms with Gasteiger partial charge in [-0.25, -0.2) is 19.3 Å². The van der Waals surface area contributed by atoms with Gasteiger partial charge in [-0.15, -0.1) is 0 Å². The topological polar surface area (TPSA) is 76.7 Å². The lowest BCUT2D eigenvalue weighted by Gasteiger charge is -2.14. The Morgan fingerprint density at radius 1 is 0.818 bits per heavy atom. The Morgan fingerprint density at radius 2 is 1.58 bits per heavy atom. The molecule has 0 amide bonds. The number of nitrogens with zero attached hydrogens (tertiary/aromatic N) is 4. The average molecular weight is 437 g/mol. The molecule has 33 heavy (non-hydrogen) atoms. The fourth-order valence-corrected chi connectivity index (χ4v) is 3.49. The highest BCUT2D eigenvalue weighted by Gasteiger charge is 2.20. The summed E-state index contributed by atoms with van der Waals surface area (Å²) in [6.07, 6.45) is 5.02. The van der Waals surface area contributed by atoms with Crippen molar-refractivity contribution >= 4 is 5.95 Å². The van der Waals surface area contributed by atoms with Crippen molar-refractivity contribution in [2.75, 3.05) is 5.32 Å². The summed E-state index contributed by atoms with van der Waals surface area (Å²) in [5, 5.41) is 3.33. The first-order valence-corrected chi connectivity index (χ1v) is 10.5. The molecular weight excluding hydrogens is 417 g/mol. The van der Waals surface area contributed by atoms with Crippen molar-refractivity contribution < 1.29 is 8.81 Å². The monoisotopic (exact) mass is 437 g/mol. The van der Waals surface area contributed by atoms with Crippen LogP contribution in [0, 0.1) is 5.82 Å². The van der Waals surface area contributed by atoms with Gasteiger partial charge < -0.3 is 9.73 Å². The number of oxazole rings is 1. The molecule has 0 bridgehead atoms. The van der Waals surface area contributed by atoms with Gasteiger partial charge in [0.2, 0.25) is 11.8 Å². The van der Waals surface area contributed by atoms with Crippen molar-refractivity contribution in [1.82, 2.24) is 19.9 Å². The Bertz CT molecular complexity index is 1350. The summed E-state index contributed by atoms with van der Waals surface area (Å²) >= 11 is 0. The smallest absolute Gasteiger partial charge is 0.227 e. The maximum Gasteiger partial charge on any atom is 0.227 e. The van der Waals surface area contributed by atoms with E-state index in [1.165, 1.54) is 12.1 Å². The van der Waals surface area contributed by atoms with Crippen molar-refractivity contribution in [1.29, 1.82) is 0 Å². The van der Waals surface area contributed by atoms with Gasteiger partial charge in [-0.3, -0.25) is 4.98 Å². The number of benzene rings is 2. The zero-order valence-electron chi connectivity index (χ0n) is 17.8. The zero-order valence-corrected chi connectivity index (χ0v) is 17.8. The highest BCUT2D eigenvalue weighted by molar-refractivity contribution is 5.77. The van der Waals surface area contributed by atoms with E-state index in [1.54, 1.807) is 36.8 Å². The van der Waals surface area contributed by atoms with Gasteiger partial charge in [0.05, 0.1) is 6.04 Å². The van der Waals surface area contributed by atoms with Crippen molar-refractivity contribution in [3.8, 4) is 34.2 Å². The molecule has 3 aromatic heterocycles. The summed E-state index contributed by atoms with van der Waals surface area (Å²) in [6, 6.07) is 21.6. The molecule has 0 saturated heterocycles. The van der Waals surface area contributed by atoms with Gasteiger partial charge in [-0.2, -0.15) is 0 Å². The molecular formula is C26H20FN5O. The normalized spacial score (nSPS) is 11.8. The molecule has 1 N–H and O–H groups in total. The third kappa shape index (κ3) is 4.48. The van der Waals surface area contributed by atoms with Crippen LogP contribution in [-0.4, -0.2) is 19.9 Å². The van der Waals surface area contributed by atoms with Gasteiger partial charge in [0.1, 0.15) is 17.2 Å². The number of nitrogens with one attached hydrogen (secondary N) is 1. The minimum atomic E-state index is -0.318. The third-order valence-electron chi connectivity index (χ3n) is 5.21. The standard InChI is InChI=1S/C26H20FN5O/c1-17(18-5-3-2-4-6-18)30-26-29-16-13-22(31-26)24-23(19-7-9-21(27)10-8-19)32-25(33-24)20-11-14-28-15-12-20/h2-17H,1H3,(H,29,30,31). The lowest BCUT2D eigenvalue weighted by atomic mass is 10.1. The predicted octanol–water partition coefficient (Wildman–Crippen LogP) is 6.17. The number of hydrogen-bond donors (Lipinski definition) is 1. The molecule has 0 aliphatic rings. The average Bonchev–Trinajstić information content (AvgIpc) is 3.31. The third-order valence-corrected chi connectivity index (χ3v) is 5.21. The van der Waals surface area contributed by atoms with Crippen molar-refractivity contribution in [2.24, 2.45) is 0 Å². The number of hydrogen-bond acceptors (Lipinski definition) is 6. The molecule has 7 heteroatoms. The van der Waals surface area contributed by atoms with Crippen LogP contribution in [0.5, 0.6) is 0 Å². The molecule has 5 aromatic rings. The van der Waals surface area contributed by atoms with Crippen LogP contribution in [-0.2, 0) is 0 Å². The quantitative estimate of drug-likeness (QED) is 0.342. The van der Waals surface area contributed by atoms with Gasteiger partial charge in [-0.1, -0.05) is 30.3 Å². The van der Waals surface area contributed by atoms with Crippen LogP contribution >= 0.6 is 0 Å². The van der Waals surface area contributed by atoms with Crippen LogP contribution in [0.3, 0.4) is 0 Å². The number of rotatable bonds is 6. The molecule has 0 fully saturated rings. The second-order valence-corrected chi connectivity index (χ2v) is 7.48. The van der Waals surface area contributed by atoms with E-state index in [2.05, 4.69) is 20.3 Å². The first-order valence-electron chi connectivity index (χ1n) is 10.5. The zero-order chi connectivity index (χ0) is 22.6. The molecule has 5 rings (SSSR count). The first kappa shape index (κ1) is 20.5. The molecule has 0 saturated carbocycles. The van der Waals surface area contributed by atoms with Gasteiger partial charge in [0, 0.05) is 29.7 Å². The lowest BCUT2D eigenvalue weighted by Crippen LogP contribution is -2.09. The second-order valence-electron chi connectivity index (χ2n) is 7.48. The molecule has 0 aliphatic heterocycles. The summed E-state index contributed by atoms with van der Waals surface area (Å²) in [5.74, 6) is 1.06. The highest BCUT2D eigenvalue weighted by atomic mass is 19.1. The Morgan fingerprint density at radius 3 is 2.33 bits per heavy atom. The molecule has 2 aromatic carbocycles. The molecule has 1 unspecified atom stereocenters. The maximum atomic E-state index is 13.5. The van der Waals surface area contributed by atoms with Crippen LogP contribution in [0.25, 0.3) is 34.2 Å². The number of pyridine rings is 1. The van der Waals surface area contributed by atoms with E-state index in [1.807, 2.05) is 49.4 Å². The molecule has 6 nitrogen and oxygen atoms in total. The molecule has 1 atom stereocenters. The Kier molecular flexibility index (Phi) is 5.59. The van der Waals surface area contributed by atoms with E-state index in [-0.39, 0.29) is 11.9 Å². The van der Waals surface area contributed by atoms with Crippen molar-refractivity contribution in [2.45, 2.75) is 13.0 Å². The van der Waals surface area contributed by atoms with Gasteiger partial charge in [-0.05, 0) is 55.0 Å². The number of anilines is 1. The van der Waals surface area contributed by atoms with Gasteiger partial charge in [0.25, 0.3) is 0 Å². The van der Waals surface area contributed by atoms with E-state index < -0.39 is 0 Å². The van der Waals surface area contributed by atoms with Crippen LogP contribution in [0.4, 0.5) is 10.3 Å². The SMILES string of the molecule is CC(Nc1nccc(-c2oc(-c3ccncc3)nc2-c2ccc(F)cc2)n1)c1ccccc1. The highest BCUT2D eigenvalue weighted by Crippen LogP contribution is 2.35. The van der Waals surface area contributed by atoms with E-state index in [4.69, 9.17) is 9.40 Å². The summed E-state index contributed by atoms with van der Waals surface area (Å²) in [5.41, 5.74) is 3.77. The fourth-order valence-electron chi connectivity index (χ4n) is 3.49. The fraction of sp³-hybridized carbons (Fsp3) is 0.0769. The molecule has 0 aliphatic carbocycles. The van der Waals surface area contributed by atoms with Crippen molar-refractivity contribution in [3.05, 3.63) is 103 Å². The van der Waals surface area contributed by atoms with Crippen LogP contribution in [0.1, 0.15) is 18.5 Å². The predicted molar refractivity (Wildman–Crippen MR) is 125 cm³/mol. The first-order chi connectivity index (χ1) is 16.2. The lowest BCUT2D eigenvalue weighted by molar-refractivity contribution is 0.586. The van der Waals surface area contributed by atoms with Gasteiger partial charge in [0.15, 0.2) is 5.76 Å². The molecule has 3 heterocycles. The van der Waals surface area contributed by atoms with E-state index in [0.717, 1.165) is 16.7 Å². The van der Waals surface area contributed by atoms with Crippen LogP contribution in [0.2, 0.25) is 0 Å². The summed E-state index contributed by atoms with van der Waals surface area (Å²) < 4.78 is 19.7. The number of halogens is 1. The maximum absolute atomic E-state index is 13.5. The van der Waals surface area contributed by atoms with Crippen LogP contribution < -0.4 is 5.32 Å². The number of aromatic nitrogens is 4. The summed E-state index contributed by atoms with van der Waals surface area (Å²) in [6.45, 7) is 2.05. The Balaban J connectivity index is 1.55. The Labute approximate surface area is 190 Å².